The second-order valence-corrected chi connectivity index (χ2v) is 5.00. The van der Waals surface area contributed by atoms with Gasteiger partial charge in [0, 0.05) is 17.3 Å². The van der Waals surface area contributed by atoms with Crippen LogP contribution in [-0.4, -0.2) is 10.9 Å². The van der Waals surface area contributed by atoms with Crippen LogP contribution >= 0.6 is 11.3 Å². The summed E-state index contributed by atoms with van der Waals surface area (Å²) in [7, 11) is 0. The molecule has 0 aliphatic heterocycles. The van der Waals surface area contributed by atoms with Crippen molar-refractivity contribution < 1.29 is 4.79 Å². The maximum atomic E-state index is 10.8. The van der Waals surface area contributed by atoms with E-state index < -0.39 is 0 Å². The summed E-state index contributed by atoms with van der Waals surface area (Å²) in [5.74, 6) is -0.313. The smallest absolute Gasteiger partial charge is 0.221 e. The first kappa shape index (κ1) is 12.6. The zero-order valence-electron chi connectivity index (χ0n) is 10.1. The van der Waals surface area contributed by atoms with E-state index in [4.69, 9.17) is 5.73 Å². The van der Waals surface area contributed by atoms with Crippen LogP contribution in [0.3, 0.4) is 0 Å². The van der Waals surface area contributed by atoms with Crippen LogP contribution < -0.4 is 11.1 Å². The first-order valence-corrected chi connectivity index (χ1v) is 6.56. The van der Waals surface area contributed by atoms with Crippen molar-refractivity contribution in [3.8, 4) is 0 Å². The maximum Gasteiger partial charge on any atom is 0.221 e. The highest BCUT2D eigenvalue weighted by Crippen LogP contribution is 2.21. The summed E-state index contributed by atoms with van der Waals surface area (Å²) in [5.41, 5.74) is 7.08. The number of nitrogens with one attached hydrogen (secondary N) is 1. The van der Waals surface area contributed by atoms with Gasteiger partial charge in [-0.3, -0.25) is 4.79 Å². The molecule has 0 bridgehead atoms. The van der Waals surface area contributed by atoms with Gasteiger partial charge in [-0.2, -0.15) is 0 Å². The number of nitrogens with zero attached hydrogens (tertiary/aromatic N) is 1. The largest absolute Gasteiger partial charge is 0.376 e. The van der Waals surface area contributed by atoms with Crippen molar-refractivity contribution in [2.45, 2.75) is 19.4 Å². The molecular formula is C13H15N3OS. The van der Waals surface area contributed by atoms with Crippen LogP contribution in [-0.2, 0) is 11.2 Å². The molecule has 94 valence electrons. The van der Waals surface area contributed by atoms with Gasteiger partial charge in [0.25, 0.3) is 0 Å². The minimum atomic E-state index is -0.313. The Morgan fingerprint density at radius 2 is 2.17 bits per heavy atom. The molecule has 4 nitrogen and oxygen atoms in total. The molecule has 0 aliphatic carbocycles. The Bertz CT molecular complexity index is 508. The van der Waals surface area contributed by atoms with Gasteiger partial charge in [-0.25, -0.2) is 4.98 Å². The van der Waals surface area contributed by atoms with Crippen LogP contribution in [0, 0.1) is 0 Å². The number of hydrogen-bond donors (Lipinski definition) is 2. The van der Waals surface area contributed by atoms with Gasteiger partial charge in [-0.05, 0) is 24.6 Å². The van der Waals surface area contributed by atoms with Crippen molar-refractivity contribution in [2.75, 3.05) is 5.32 Å². The molecule has 18 heavy (non-hydrogen) atoms. The highest BCUT2D eigenvalue weighted by atomic mass is 32.1. The lowest BCUT2D eigenvalue weighted by atomic mass is 10.1. The molecule has 0 fully saturated rings. The zero-order valence-corrected chi connectivity index (χ0v) is 10.9. The van der Waals surface area contributed by atoms with Crippen LogP contribution in [0.2, 0.25) is 0 Å². The molecule has 0 spiro atoms. The number of nitrogens with two attached hydrogens (primary N) is 1. The lowest BCUT2D eigenvalue weighted by Gasteiger charge is -2.12. The molecule has 0 saturated heterocycles. The Hall–Kier alpha value is -1.88. The fourth-order valence-electron chi connectivity index (χ4n) is 1.68. The van der Waals surface area contributed by atoms with E-state index in [9.17, 15) is 4.79 Å². The highest BCUT2D eigenvalue weighted by Gasteiger charge is 2.07. The number of carbonyl (C=O) groups excluding carboxylic acids is 1. The van der Waals surface area contributed by atoms with Gasteiger partial charge >= 0.3 is 0 Å². The van der Waals surface area contributed by atoms with Crippen LogP contribution in [0.4, 0.5) is 5.69 Å². The third kappa shape index (κ3) is 3.30. The average molecular weight is 261 g/mol. The van der Waals surface area contributed by atoms with Gasteiger partial charge in [0.05, 0.1) is 12.5 Å². The number of rotatable bonds is 5. The number of primary amides is 1. The first-order chi connectivity index (χ1) is 8.65. The van der Waals surface area contributed by atoms with E-state index in [2.05, 4.69) is 17.2 Å². The molecule has 0 radical (unpaired) electrons. The maximum absolute atomic E-state index is 10.8. The Labute approximate surface area is 110 Å². The molecule has 1 unspecified atom stereocenters. The SMILES string of the molecule is CC(Nc1ccc(CC(N)=O)cc1)c1nccs1. The number of aromatic nitrogens is 1. The topological polar surface area (TPSA) is 68.0 Å². The van der Waals surface area contributed by atoms with Crippen molar-refractivity contribution in [2.24, 2.45) is 5.73 Å². The molecule has 2 rings (SSSR count). The number of benzene rings is 1. The van der Waals surface area contributed by atoms with Gasteiger partial charge < -0.3 is 11.1 Å². The molecule has 0 saturated carbocycles. The van der Waals surface area contributed by atoms with E-state index >= 15 is 0 Å². The second-order valence-electron chi connectivity index (χ2n) is 4.08. The summed E-state index contributed by atoms with van der Waals surface area (Å²) in [5, 5.41) is 6.37. The third-order valence-corrected chi connectivity index (χ3v) is 3.50. The molecule has 3 N–H and O–H groups in total. The fraction of sp³-hybridized carbons (Fsp3) is 0.231. The van der Waals surface area contributed by atoms with E-state index in [1.807, 2.05) is 29.6 Å². The molecular weight excluding hydrogens is 246 g/mol. The lowest BCUT2D eigenvalue weighted by molar-refractivity contribution is -0.117. The summed E-state index contributed by atoms with van der Waals surface area (Å²) in [4.78, 5) is 15.1. The monoisotopic (exact) mass is 261 g/mol. The van der Waals surface area contributed by atoms with Crippen LogP contribution in [0.1, 0.15) is 23.5 Å². The molecule has 1 heterocycles. The number of thiazole rings is 1. The van der Waals surface area contributed by atoms with E-state index in [1.54, 1.807) is 17.5 Å². The van der Waals surface area contributed by atoms with E-state index in [1.165, 1.54) is 0 Å². The number of amides is 1. The summed E-state index contributed by atoms with van der Waals surface area (Å²) in [6.45, 7) is 2.07. The third-order valence-electron chi connectivity index (χ3n) is 2.54. The molecule has 0 aliphatic rings. The van der Waals surface area contributed by atoms with Gasteiger partial charge in [-0.15, -0.1) is 11.3 Å². The molecule has 1 aromatic heterocycles. The average Bonchev–Trinajstić information content (AvgIpc) is 2.84. The molecule has 1 amide bonds. The van der Waals surface area contributed by atoms with Gasteiger partial charge in [0.15, 0.2) is 0 Å². The Morgan fingerprint density at radius 1 is 1.44 bits per heavy atom. The summed E-state index contributed by atoms with van der Waals surface area (Å²) >= 11 is 1.63. The van der Waals surface area contributed by atoms with Crippen LogP contribution in [0.25, 0.3) is 0 Å². The molecule has 1 atom stereocenters. The Balaban J connectivity index is 2.00. The van der Waals surface area contributed by atoms with Crippen LogP contribution in [0.15, 0.2) is 35.8 Å². The first-order valence-electron chi connectivity index (χ1n) is 5.68. The molecule has 1 aromatic carbocycles. The van der Waals surface area contributed by atoms with E-state index in [0.29, 0.717) is 0 Å². The van der Waals surface area contributed by atoms with Crippen molar-refractivity contribution in [1.29, 1.82) is 0 Å². The Kier molecular flexibility index (Phi) is 3.94. The number of carbonyl (C=O) groups is 1. The van der Waals surface area contributed by atoms with Crippen molar-refractivity contribution in [1.82, 2.24) is 4.98 Å². The van der Waals surface area contributed by atoms with Crippen LogP contribution in [0.5, 0.6) is 0 Å². The summed E-state index contributed by atoms with van der Waals surface area (Å²) < 4.78 is 0. The second kappa shape index (κ2) is 5.64. The molecule has 2 aromatic rings. The number of anilines is 1. The number of hydrogen-bond acceptors (Lipinski definition) is 4. The predicted octanol–water partition coefficient (Wildman–Crippen LogP) is 2.34. The minimum absolute atomic E-state index is 0.173. The van der Waals surface area contributed by atoms with E-state index in [0.717, 1.165) is 16.3 Å². The highest BCUT2D eigenvalue weighted by molar-refractivity contribution is 7.09. The van der Waals surface area contributed by atoms with E-state index in [-0.39, 0.29) is 18.4 Å². The van der Waals surface area contributed by atoms with Gasteiger partial charge in [-0.1, -0.05) is 12.1 Å². The summed E-state index contributed by atoms with van der Waals surface area (Å²) in [6.07, 6.45) is 2.08. The predicted molar refractivity (Wildman–Crippen MR) is 73.5 cm³/mol. The quantitative estimate of drug-likeness (QED) is 0.868. The normalized spacial score (nSPS) is 12.1. The van der Waals surface area contributed by atoms with Crippen molar-refractivity contribution in [3.63, 3.8) is 0 Å². The van der Waals surface area contributed by atoms with Crippen molar-refractivity contribution in [3.05, 3.63) is 46.4 Å². The Morgan fingerprint density at radius 3 is 2.72 bits per heavy atom. The fourth-order valence-corrected chi connectivity index (χ4v) is 2.33. The van der Waals surface area contributed by atoms with Crippen molar-refractivity contribution >= 4 is 22.9 Å². The lowest BCUT2D eigenvalue weighted by Crippen LogP contribution is -2.13. The van der Waals surface area contributed by atoms with Gasteiger partial charge in [0.1, 0.15) is 5.01 Å². The molecule has 5 heteroatoms. The standard InChI is InChI=1S/C13H15N3OS/c1-9(13-15-6-7-18-13)16-11-4-2-10(3-5-11)8-12(14)17/h2-7,9,16H,8H2,1H3,(H2,14,17). The summed E-state index contributed by atoms with van der Waals surface area (Å²) in [6, 6.07) is 7.88. The zero-order chi connectivity index (χ0) is 13.0. The van der Waals surface area contributed by atoms with Gasteiger partial charge in [0.2, 0.25) is 5.91 Å². The minimum Gasteiger partial charge on any atom is -0.376 e.